The third-order valence-corrected chi connectivity index (χ3v) is 1.84. The number of carbonyl (C=O) groups excluding carboxylic acids is 1. The molecule has 0 aliphatic carbocycles. The Labute approximate surface area is 81.3 Å². The quantitative estimate of drug-likeness (QED) is 0.761. The van der Waals surface area contributed by atoms with Crippen LogP contribution in [0.15, 0.2) is 24.3 Å². The lowest BCUT2D eigenvalue weighted by Crippen LogP contribution is -2.24. The Morgan fingerprint density at radius 1 is 1.54 bits per heavy atom. The molecule has 0 aliphatic rings. The summed E-state index contributed by atoms with van der Waals surface area (Å²) in [6.07, 6.45) is -1.03. The number of aliphatic hydroxyl groups is 1. The maximum atomic E-state index is 11.0. The molecule has 0 bridgehead atoms. The second-order valence-corrected chi connectivity index (χ2v) is 3.05. The Hall–Kier alpha value is -1.06. The van der Waals surface area contributed by atoms with E-state index >= 15 is 0 Å². The summed E-state index contributed by atoms with van der Waals surface area (Å²) in [4.78, 5) is 11.0. The van der Waals surface area contributed by atoms with E-state index in [9.17, 15) is 4.79 Å². The van der Waals surface area contributed by atoms with Crippen molar-refractivity contribution in [2.24, 2.45) is 0 Å². The summed E-state index contributed by atoms with van der Waals surface area (Å²) in [5, 5.41) is 11.9. The molecule has 0 saturated heterocycles. The van der Waals surface area contributed by atoms with Crippen molar-refractivity contribution in [3.63, 3.8) is 0 Å². The van der Waals surface area contributed by atoms with Crippen molar-refractivity contribution in [3.8, 4) is 0 Å². The van der Waals surface area contributed by atoms with Crippen LogP contribution in [-0.2, 0) is 4.79 Å². The van der Waals surface area contributed by atoms with E-state index < -0.39 is 12.0 Å². The predicted octanol–water partition coefficient (Wildman–Crippen LogP) is 1.66. The summed E-state index contributed by atoms with van der Waals surface area (Å²) in [5.41, 5.74) is 0.509. The van der Waals surface area contributed by atoms with Gasteiger partial charge in [-0.15, -0.1) is 0 Å². The number of benzene rings is 1. The van der Waals surface area contributed by atoms with Crippen molar-refractivity contribution in [2.45, 2.75) is 13.0 Å². The molecule has 2 N–H and O–H groups in total. The summed E-state index contributed by atoms with van der Waals surface area (Å²) in [6.45, 7) is 1.40. The minimum atomic E-state index is -1.03. The first kappa shape index (κ1) is 10.0. The van der Waals surface area contributed by atoms with Crippen molar-refractivity contribution in [2.75, 3.05) is 5.32 Å². The van der Waals surface area contributed by atoms with Crippen LogP contribution in [0.1, 0.15) is 6.92 Å². The second kappa shape index (κ2) is 4.25. The van der Waals surface area contributed by atoms with Gasteiger partial charge in [-0.2, -0.15) is 0 Å². The molecule has 0 radical (unpaired) electrons. The highest BCUT2D eigenvalue weighted by Crippen LogP contribution is 2.20. The molecule has 3 nitrogen and oxygen atoms in total. The Morgan fingerprint density at radius 2 is 2.15 bits per heavy atom. The van der Waals surface area contributed by atoms with E-state index in [1.165, 1.54) is 6.92 Å². The molecule has 4 heteroatoms. The molecule has 1 aromatic rings. The minimum absolute atomic E-state index is 0.455. The molecule has 1 aromatic carbocycles. The summed E-state index contributed by atoms with van der Waals surface area (Å²) >= 11 is 5.78. The van der Waals surface area contributed by atoms with Gasteiger partial charge >= 0.3 is 0 Å². The number of nitrogens with one attached hydrogen (secondary N) is 1. The van der Waals surface area contributed by atoms with E-state index in [1.807, 2.05) is 0 Å². The Bertz CT molecular complexity index is 312. The zero-order valence-corrected chi connectivity index (χ0v) is 7.88. The number of carbonyl (C=O) groups is 1. The number of para-hydroxylation sites is 1. The van der Waals surface area contributed by atoms with Crippen LogP contribution >= 0.6 is 11.6 Å². The zero-order chi connectivity index (χ0) is 9.84. The standard InChI is InChI=1S/C9H10ClNO2/c1-6(12)9(13)11-8-5-3-2-4-7(8)10/h2-6,12H,1H3,(H,11,13)/t6-/m0/s1. The van der Waals surface area contributed by atoms with Crippen molar-refractivity contribution in [1.82, 2.24) is 0 Å². The van der Waals surface area contributed by atoms with Gasteiger partial charge in [0.15, 0.2) is 0 Å². The highest BCUT2D eigenvalue weighted by Gasteiger charge is 2.09. The molecular formula is C9H10ClNO2. The van der Waals surface area contributed by atoms with Crippen LogP contribution in [0.2, 0.25) is 5.02 Å². The molecule has 0 aliphatic heterocycles. The van der Waals surface area contributed by atoms with Gasteiger partial charge in [-0.1, -0.05) is 23.7 Å². The van der Waals surface area contributed by atoms with Crippen molar-refractivity contribution >= 4 is 23.2 Å². The fourth-order valence-electron chi connectivity index (χ4n) is 0.800. The van der Waals surface area contributed by atoms with Gasteiger partial charge in [0.25, 0.3) is 5.91 Å². The van der Waals surface area contributed by atoms with Gasteiger partial charge in [0, 0.05) is 0 Å². The van der Waals surface area contributed by atoms with Crippen molar-refractivity contribution in [3.05, 3.63) is 29.3 Å². The number of anilines is 1. The maximum Gasteiger partial charge on any atom is 0.252 e. The number of halogens is 1. The maximum absolute atomic E-state index is 11.0. The van der Waals surface area contributed by atoms with E-state index in [0.717, 1.165) is 0 Å². The lowest BCUT2D eigenvalue weighted by Gasteiger charge is -2.07. The molecule has 0 aromatic heterocycles. The first-order chi connectivity index (χ1) is 6.11. The molecule has 1 atom stereocenters. The monoisotopic (exact) mass is 199 g/mol. The van der Waals surface area contributed by atoms with Gasteiger partial charge < -0.3 is 10.4 Å². The first-order valence-corrected chi connectivity index (χ1v) is 4.22. The SMILES string of the molecule is C[C@H](O)C(=O)Nc1ccccc1Cl. The smallest absolute Gasteiger partial charge is 0.252 e. The Balaban J connectivity index is 2.75. The van der Waals surface area contributed by atoms with Crippen LogP contribution in [0.5, 0.6) is 0 Å². The lowest BCUT2D eigenvalue weighted by atomic mass is 10.3. The average Bonchev–Trinajstić information content (AvgIpc) is 2.08. The fourth-order valence-corrected chi connectivity index (χ4v) is 0.983. The fraction of sp³-hybridized carbons (Fsp3) is 0.222. The molecule has 70 valence electrons. The number of aliphatic hydroxyl groups excluding tert-OH is 1. The number of amides is 1. The third kappa shape index (κ3) is 2.72. The Kier molecular flexibility index (Phi) is 3.28. The molecule has 0 unspecified atom stereocenters. The average molecular weight is 200 g/mol. The summed E-state index contributed by atoms with van der Waals surface area (Å²) in [5.74, 6) is -0.465. The van der Waals surface area contributed by atoms with Gasteiger partial charge in [0.1, 0.15) is 6.10 Å². The normalized spacial score (nSPS) is 12.2. The number of rotatable bonds is 2. The molecule has 1 amide bonds. The molecule has 0 fully saturated rings. The summed E-state index contributed by atoms with van der Waals surface area (Å²) in [6, 6.07) is 6.85. The van der Waals surface area contributed by atoms with Crippen LogP contribution in [0, 0.1) is 0 Å². The first-order valence-electron chi connectivity index (χ1n) is 3.84. The van der Waals surface area contributed by atoms with E-state index in [0.29, 0.717) is 10.7 Å². The van der Waals surface area contributed by atoms with Gasteiger partial charge in [0.05, 0.1) is 10.7 Å². The highest BCUT2D eigenvalue weighted by atomic mass is 35.5. The van der Waals surface area contributed by atoms with Crippen LogP contribution in [0.25, 0.3) is 0 Å². The number of hydrogen-bond donors (Lipinski definition) is 2. The van der Waals surface area contributed by atoms with Gasteiger partial charge in [-0.05, 0) is 19.1 Å². The van der Waals surface area contributed by atoms with Crippen LogP contribution in [0.3, 0.4) is 0 Å². The molecule has 1 rings (SSSR count). The largest absolute Gasteiger partial charge is 0.384 e. The lowest BCUT2D eigenvalue weighted by molar-refractivity contribution is -0.123. The molecule has 13 heavy (non-hydrogen) atoms. The predicted molar refractivity (Wildman–Crippen MR) is 51.8 cm³/mol. The molecule has 0 saturated carbocycles. The molecule has 0 spiro atoms. The summed E-state index contributed by atoms with van der Waals surface area (Å²) < 4.78 is 0. The van der Waals surface area contributed by atoms with Crippen molar-refractivity contribution < 1.29 is 9.90 Å². The van der Waals surface area contributed by atoms with Crippen LogP contribution in [0.4, 0.5) is 5.69 Å². The van der Waals surface area contributed by atoms with Gasteiger partial charge in [-0.3, -0.25) is 4.79 Å². The second-order valence-electron chi connectivity index (χ2n) is 2.65. The van der Waals surface area contributed by atoms with E-state index in [1.54, 1.807) is 24.3 Å². The molecule has 0 heterocycles. The van der Waals surface area contributed by atoms with Gasteiger partial charge in [-0.25, -0.2) is 0 Å². The van der Waals surface area contributed by atoms with Crippen molar-refractivity contribution in [1.29, 1.82) is 0 Å². The zero-order valence-electron chi connectivity index (χ0n) is 7.12. The van der Waals surface area contributed by atoms with E-state index in [4.69, 9.17) is 16.7 Å². The highest BCUT2D eigenvalue weighted by molar-refractivity contribution is 6.33. The minimum Gasteiger partial charge on any atom is -0.384 e. The van der Waals surface area contributed by atoms with Crippen LogP contribution in [-0.4, -0.2) is 17.1 Å². The van der Waals surface area contributed by atoms with Crippen LogP contribution < -0.4 is 5.32 Å². The van der Waals surface area contributed by atoms with E-state index in [-0.39, 0.29) is 0 Å². The van der Waals surface area contributed by atoms with E-state index in [2.05, 4.69) is 5.32 Å². The topological polar surface area (TPSA) is 49.3 Å². The summed E-state index contributed by atoms with van der Waals surface area (Å²) in [7, 11) is 0. The molecular weight excluding hydrogens is 190 g/mol. The Morgan fingerprint density at radius 3 is 2.69 bits per heavy atom. The third-order valence-electron chi connectivity index (χ3n) is 1.51. The number of hydrogen-bond acceptors (Lipinski definition) is 2. The van der Waals surface area contributed by atoms with Gasteiger partial charge in [0.2, 0.25) is 0 Å².